The van der Waals surface area contributed by atoms with Crippen LogP contribution in [-0.2, 0) is 4.79 Å². The minimum atomic E-state index is -4.22. The minimum Gasteiger partial charge on any atom is -0.508 e. The van der Waals surface area contributed by atoms with Crippen LogP contribution in [0, 0.1) is 11.8 Å². The van der Waals surface area contributed by atoms with Crippen molar-refractivity contribution < 1.29 is 23.1 Å². The van der Waals surface area contributed by atoms with Gasteiger partial charge < -0.3 is 10.4 Å². The van der Waals surface area contributed by atoms with Crippen molar-refractivity contribution in [1.29, 1.82) is 0 Å². The molecule has 0 heterocycles. The third-order valence-corrected chi connectivity index (χ3v) is 3.64. The summed E-state index contributed by atoms with van der Waals surface area (Å²) in [5.41, 5.74) is 0.474. The quantitative estimate of drug-likeness (QED) is 0.815. The van der Waals surface area contributed by atoms with Crippen LogP contribution in [0.2, 0.25) is 0 Å². The Morgan fingerprint density at radius 1 is 1.20 bits per heavy atom. The summed E-state index contributed by atoms with van der Waals surface area (Å²) in [7, 11) is 0. The van der Waals surface area contributed by atoms with E-state index in [2.05, 4.69) is 5.32 Å². The largest absolute Gasteiger partial charge is 0.508 e. The summed E-state index contributed by atoms with van der Waals surface area (Å²) in [5, 5.41) is 11.7. The van der Waals surface area contributed by atoms with E-state index in [0.717, 1.165) is 0 Å². The molecule has 1 aromatic rings. The fourth-order valence-corrected chi connectivity index (χ4v) is 2.51. The first-order chi connectivity index (χ1) is 9.36. The highest BCUT2D eigenvalue weighted by molar-refractivity contribution is 5.92. The van der Waals surface area contributed by atoms with E-state index in [4.69, 9.17) is 5.11 Å². The second kappa shape index (κ2) is 5.73. The Hall–Kier alpha value is -1.72. The van der Waals surface area contributed by atoms with Crippen molar-refractivity contribution in [2.24, 2.45) is 11.8 Å². The molecule has 1 aromatic carbocycles. The zero-order chi connectivity index (χ0) is 14.8. The van der Waals surface area contributed by atoms with Gasteiger partial charge in [0.05, 0.1) is 5.92 Å². The predicted octanol–water partition coefficient (Wildman–Crippen LogP) is 3.70. The minimum absolute atomic E-state index is 0.0674. The Kier molecular flexibility index (Phi) is 4.20. The molecule has 20 heavy (non-hydrogen) atoms. The van der Waals surface area contributed by atoms with Gasteiger partial charge in [-0.3, -0.25) is 4.79 Å². The average molecular weight is 287 g/mol. The van der Waals surface area contributed by atoms with E-state index < -0.39 is 18.0 Å². The van der Waals surface area contributed by atoms with Gasteiger partial charge in [-0.25, -0.2) is 0 Å². The molecule has 1 amide bonds. The summed E-state index contributed by atoms with van der Waals surface area (Å²) in [6, 6.07) is 5.85. The number of amides is 1. The van der Waals surface area contributed by atoms with Crippen LogP contribution >= 0.6 is 0 Å². The summed E-state index contributed by atoms with van der Waals surface area (Å²) in [5.74, 6) is -2.31. The molecule has 1 aliphatic carbocycles. The Morgan fingerprint density at radius 3 is 2.45 bits per heavy atom. The smallest absolute Gasteiger partial charge is 0.391 e. The Labute approximate surface area is 114 Å². The molecule has 2 rings (SSSR count). The molecule has 0 radical (unpaired) electrons. The van der Waals surface area contributed by atoms with Crippen molar-refractivity contribution in [3.05, 3.63) is 24.3 Å². The number of rotatable bonds is 2. The molecule has 0 saturated heterocycles. The summed E-state index contributed by atoms with van der Waals surface area (Å²) in [6.07, 6.45) is -3.37. The van der Waals surface area contributed by atoms with Gasteiger partial charge in [0.2, 0.25) is 5.91 Å². The van der Waals surface area contributed by atoms with E-state index in [-0.39, 0.29) is 24.5 Å². The standard InChI is InChI=1S/C14H16F3NO2/c15-14(16,17)10-3-1-2-9(8-10)13(20)18-11-4-6-12(19)7-5-11/h4-7,9-10,19H,1-3,8H2,(H,18,20). The molecule has 1 saturated carbocycles. The SMILES string of the molecule is O=C(Nc1ccc(O)cc1)C1CCCC(C(F)(F)F)C1. The number of phenolic OH excluding ortho intramolecular Hbond substituents is 1. The van der Waals surface area contributed by atoms with Crippen LogP contribution in [0.5, 0.6) is 5.75 Å². The van der Waals surface area contributed by atoms with Crippen molar-refractivity contribution in [3.63, 3.8) is 0 Å². The Bertz CT molecular complexity index is 470. The van der Waals surface area contributed by atoms with Gasteiger partial charge in [-0.2, -0.15) is 13.2 Å². The molecule has 6 heteroatoms. The molecule has 0 aliphatic heterocycles. The van der Waals surface area contributed by atoms with Gasteiger partial charge in [0.15, 0.2) is 0 Å². The highest BCUT2D eigenvalue weighted by atomic mass is 19.4. The van der Waals surface area contributed by atoms with Gasteiger partial charge in [0.25, 0.3) is 0 Å². The normalized spacial score (nSPS) is 23.4. The van der Waals surface area contributed by atoms with E-state index in [1.165, 1.54) is 24.3 Å². The maximum absolute atomic E-state index is 12.7. The number of carbonyl (C=O) groups excluding carboxylic acids is 1. The number of halogens is 3. The van der Waals surface area contributed by atoms with E-state index in [0.29, 0.717) is 18.5 Å². The molecule has 1 aliphatic rings. The molecule has 2 atom stereocenters. The zero-order valence-corrected chi connectivity index (χ0v) is 10.8. The lowest BCUT2D eigenvalue weighted by Gasteiger charge is -2.29. The molecule has 2 N–H and O–H groups in total. The van der Waals surface area contributed by atoms with E-state index in [1.807, 2.05) is 0 Å². The highest BCUT2D eigenvalue weighted by Crippen LogP contribution is 2.40. The van der Waals surface area contributed by atoms with E-state index >= 15 is 0 Å². The lowest BCUT2D eigenvalue weighted by atomic mass is 9.80. The zero-order valence-electron chi connectivity index (χ0n) is 10.8. The Balaban J connectivity index is 1.97. The monoisotopic (exact) mass is 287 g/mol. The van der Waals surface area contributed by atoms with Gasteiger partial charge in [-0.1, -0.05) is 6.42 Å². The second-order valence-corrected chi connectivity index (χ2v) is 5.14. The fourth-order valence-electron chi connectivity index (χ4n) is 2.51. The molecule has 1 fully saturated rings. The van der Waals surface area contributed by atoms with Crippen LogP contribution in [-0.4, -0.2) is 17.2 Å². The number of nitrogens with one attached hydrogen (secondary N) is 1. The van der Waals surface area contributed by atoms with Gasteiger partial charge in [0, 0.05) is 11.6 Å². The van der Waals surface area contributed by atoms with Crippen LogP contribution in [0.25, 0.3) is 0 Å². The van der Waals surface area contributed by atoms with Crippen molar-refractivity contribution in [1.82, 2.24) is 0 Å². The third-order valence-electron chi connectivity index (χ3n) is 3.64. The summed E-state index contributed by atoms with van der Waals surface area (Å²) in [6.45, 7) is 0. The van der Waals surface area contributed by atoms with E-state index in [1.54, 1.807) is 0 Å². The number of alkyl halides is 3. The first kappa shape index (κ1) is 14.7. The maximum atomic E-state index is 12.7. The molecular formula is C14H16F3NO2. The van der Waals surface area contributed by atoms with Crippen LogP contribution in [0.15, 0.2) is 24.3 Å². The number of phenols is 1. The van der Waals surface area contributed by atoms with Gasteiger partial charge >= 0.3 is 6.18 Å². The second-order valence-electron chi connectivity index (χ2n) is 5.14. The highest BCUT2D eigenvalue weighted by Gasteiger charge is 2.43. The summed E-state index contributed by atoms with van der Waals surface area (Å²) < 4.78 is 38.1. The molecule has 0 aromatic heterocycles. The van der Waals surface area contributed by atoms with Gasteiger partial charge in [-0.15, -0.1) is 0 Å². The van der Waals surface area contributed by atoms with Crippen LogP contribution in [0.3, 0.4) is 0 Å². The fraction of sp³-hybridized carbons (Fsp3) is 0.500. The van der Waals surface area contributed by atoms with Crippen molar-refractivity contribution in [3.8, 4) is 5.75 Å². The van der Waals surface area contributed by atoms with Crippen molar-refractivity contribution in [2.45, 2.75) is 31.9 Å². The number of hydrogen-bond acceptors (Lipinski definition) is 2. The molecular weight excluding hydrogens is 271 g/mol. The molecule has 2 unspecified atom stereocenters. The summed E-state index contributed by atoms with van der Waals surface area (Å²) in [4.78, 5) is 12.0. The van der Waals surface area contributed by atoms with Crippen LogP contribution in [0.4, 0.5) is 18.9 Å². The molecule has 3 nitrogen and oxygen atoms in total. The lowest BCUT2D eigenvalue weighted by molar-refractivity contribution is -0.185. The number of benzene rings is 1. The molecule has 0 spiro atoms. The predicted molar refractivity (Wildman–Crippen MR) is 68.2 cm³/mol. The number of anilines is 1. The third kappa shape index (κ3) is 3.65. The maximum Gasteiger partial charge on any atom is 0.391 e. The number of hydrogen-bond donors (Lipinski definition) is 2. The van der Waals surface area contributed by atoms with Crippen molar-refractivity contribution >= 4 is 11.6 Å². The molecule has 0 bridgehead atoms. The first-order valence-electron chi connectivity index (χ1n) is 6.53. The van der Waals surface area contributed by atoms with Crippen LogP contribution in [0.1, 0.15) is 25.7 Å². The van der Waals surface area contributed by atoms with Crippen molar-refractivity contribution in [2.75, 3.05) is 5.32 Å². The topological polar surface area (TPSA) is 49.3 Å². The average Bonchev–Trinajstić information content (AvgIpc) is 2.40. The summed E-state index contributed by atoms with van der Waals surface area (Å²) >= 11 is 0. The Morgan fingerprint density at radius 2 is 1.85 bits per heavy atom. The first-order valence-corrected chi connectivity index (χ1v) is 6.53. The number of aromatic hydroxyl groups is 1. The lowest BCUT2D eigenvalue weighted by Crippen LogP contribution is -2.34. The van der Waals surface area contributed by atoms with Crippen LogP contribution < -0.4 is 5.32 Å². The van der Waals surface area contributed by atoms with E-state index in [9.17, 15) is 18.0 Å². The van der Waals surface area contributed by atoms with Gasteiger partial charge in [-0.05, 0) is 43.5 Å². The number of carbonyl (C=O) groups is 1. The molecule has 110 valence electrons. The van der Waals surface area contributed by atoms with Gasteiger partial charge in [0.1, 0.15) is 5.75 Å².